The number of nitrogens with zero attached hydrogens (tertiary/aromatic N) is 2. The minimum Gasteiger partial charge on any atom is -0.489 e. The van der Waals surface area contributed by atoms with Gasteiger partial charge in [-0.3, -0.25) is 9.48 Å². The SMILES string of the molecule is Cc1nn(CCC(=O)Nc2ccccc2OC[C@@H]2CCCCO2)c(C)c1Cl. The number of ether oxygens (including phenoxy) is 2. The standard InChI is InChI=1S/C20H26ClN3O3/c1-14-20(21)15(2)24(23-14)11-10-19(25)22-17-8-3-4-9-18(17)27-13-16-7-5-6-12-26-16/h3-4,8-9,16H,5-7,10-13H2,1-2H3,(H,22,25)/t16-/m0/s1. The van der Waals surface area contributed by atoms with Crippen LogP contribution in [0.5, 0.6) is 5.75 Å². The Labute approximate surface area is 164 Å². The molecule has 3 rings (SSSR count). The Balaban J connectivity index is 1.54. The third-order valence-corrected chi connectivity index (χ3v) is 5.25. The first-order chi connectivity index (χ1) is 13.0. The van der Waals surface area contributed by atoms with E-state index < -0.39 is 0 Å². The van der Waals surface area contributed by atoms with Gasteiger partial charge >= 0.3 is 0 Å². The van der Waals surface area contributed by atoms with Crippen LogP contribution in [-0.2, 0) is 16.1 Å². The summed E-state index contributed by atoms with van der Waals surface area (Å²) in [5.41, 5.74) is 2.32. The Morgan fingerprint density at radius 3 is 2.89 bits per heavy atom. The quantitative estimate of drug-likeness (QED) is 0.770. The van der Waals surface area contributed by atoms with Gasteiger partial charge in [-0.25, -0.2) is 0 Å². The van der Waals surface area contributed by atoms with Crippen molar-refractivity contribution in [3.8, 4) is 5.75 Å². The fourth-order valence-electron chi connectivity index (χ4n) is 3.13. The second-order valence-corrected chi connectivity index (χ2v) is 7.18. The molecule has 0 bridgehead atoms. The average molecular weight is 392 g/mol. The molecule has 0 aliphatic carbocycles. The van der Waals surface area contributed by atoms with E-state index >= 15 is 0 Å². The van der Waals surface area contributed by atoms with Crippen LogP contribution in [0.1, 0.15) is 37.1 Å². The fourth-order valence-corrected chi connectivity index (χ4v) is 3.27. The molecule has 1 fully saturated rings. The first-order valence-corrected chi connectivity index (χ1v) is 9.75. The molecule has 146 valence electrons. The minimum absolute atomic E-state index is 0.0939. The van der Waals surface area contributed by atoms with Gasteiger partial charge in [0.1, 0.15) is 12.4 Å². The van der Waals surface area contributed by atoms with Crippen molar-refractivity contribution in [2.75, 3.05) is 18.5 Å². The predicted octanol–water partition coefficient (Wildman–Crippen LogP) is 4.13. The first kappa shape index (κ1) is 19.7. The van der Waals surface area contributed by atoms with Gasteiger partial charge in [-0.05, 0) is 45.2 Å². The van der Waals surface area contributed by atoms with Gasteiger partial charge in [-0.1, -0.05) is 23.7 Å². The number of carbonyl (C=O) groups is 1. The van der Waals surface area contributed by atoms with Gasteiger partial charge in [0.25, 0.3) is 0 Å². The topological polar surface area (TPSA) is 65.4 Å². The van der Waals surface area contributed by atoms with Crippen molar-refractivity contribution in [2.45, 2.75) is 52.2 Å². The van der Waals surface area contributed by atoms with E-state index in [0.717, 1.165) is 30.8 Å². The third kappa shape index (κ3) is 5.23. The highest BCUT2D eigenvalue weighted by molar-refractivity contribution is 6.31. The molecule has 1 amide bonds. The van der Waals surface area contributed by atoms with Gasteiger partial charge in [0, 0.05) is 13.0 Å². The van der Waals surface area contributed by atoms with Gasteiger partial charge in [0.05, 0.1) is 34.7 Å². The predicted molar refractivity (Wildman–Crippen MR) is 105 cm³/mol. The van der Waals surface area contributed by atoms with Crippen LogP contribution in [0.2, 0.25) is 5.02 Å². The molecule has 2 aromatic rings. The summed E-state index contributed by atoms with van der Waals surface area (Å²) in [6.45, 7) is 5.52. The van der Waals surface area contributed by atoms with Crippen LogP contribution >= 0.6 is 11.6 Å². The van der Waals surface area contributed by atoms with E-state index in [1.165, 1.54) is 6.42 Å². The second kappa shape index (κ2) is 9.24. The molecule has 1 aromatic carbocycles. The lowest BCUT2D eigenvalue weighted by Crippen LogP contribution is -2.26. The molecular weight excluding hydrogens is 366 g/mol. The Bertz CT molecular complexity index is 785. The Morgan fingerprint density at radius 2 is 2.19 bits per heavy atom. The van der Waals surface area contributed by atoms with Crippen LogP contribution in [0.15, 0.2) is 24.3 Å². The number of para-hydroxylation sites is 2. The Kier molecular flexibility index (Phi) is 6.74. The molecule has 1 aliphatic heterocycles. The number of aromatic nitrogens is 2. The number of anilines is 1. The van der Waals surface area contributed by atoms with Crippen LogP contribution in [0.4, 0.5) is 5.69 Å². The molecule has 0 spiro atoms. The van der Waals surface area contributed by atoms with Crippen molar-refractivity contribution in [3.63, 3.8) is 0 Å². The normalized spacial score (nSPS) is 16.9. The molecule has 2 heterocycles. The highest BCUT2D eigenvalue weighted by Crippen LogP contribution is 2.25. The number of hydrogen-bond donors (Lipinski definition) is 1. The molecule has 0 unspecified atom stereocenters. The third-order valence-electron chi connectivity index (χ3n) is 4.70. The van der Waals surface area contributed by atoms with E-state index in [0.29, 0.717) is 36.0 Å². The monoisotopic (exact) mass is 391 g/mol. The lowest BCUT2D eigenvalue weighted by Gasteiger charge is -2.23. The van der Waals surface area contributed by atoms with Gasteiger partial charge in [-0.15, -0.1) is 0 Å². The number of halogens is 1. The van der Waals surface area contributed by atoms with Gasteiger partial charge in [-0.2, -0.15) is 5.10 Å². The van der Waals surface area contributed by atoms with Crippen LogP contribution in [-0.4, -0.2) is 35.0 Å². The number of aryl methyl sites for hydroxylation is 2. The van der Waals surface area contributed by atoms with Crippen molar-refractivity contribution < 1.29 is 14.3 Å². The minimum atomic E-state index is -0.0939. The summed E-state index contributed by atoms with van der Waals surface area (Å²) in [4.78, 5) is 12.4. The van der Waals surface area contributed by atoms with Crippen molar-refractivity contribution >= 4 is 23.2 Å². The van der Waals surface area contributed by atoms with Gasteiger partial charge < -0.3 is 14.8 Å². The van der Waals surface area contributed by atoms with Crippen LogP contribution in [0.25, 0.3) is 0 Å². The van der Waals surface area contributed by atoms with Gasteiger partial charge in [0.15, 0.2) is 0 Å². The van der Waals surface area contributed by atoms with Crippen molar-refractivity contribution in [1.82, 2.24) is 9.78 Å². The zero-order valence-electron chi connectivity index (χ0n) is 15.8. The molecule has 6 nitrogen and oxygen atoms in total. The van der Waals surface area contributed by atoms with E-state index in [1.54, 1.807) is 4.68 Å². The molecule has 27 heavy (non-hydrogen) atoms. The molecule has 1 N–H and O–H groups in total. The van der Waals surface area contributed by atoms with Gasteiger partial charge in [0.2, 0.25) is 5.91 Å². The van der Waals surface area contributed by atoms with Crippen LogP contribution < -0.4 is 10.1 Å². The van der Waals surface area contributed by atoms with E-state index in [9.17, 15) is 4.79 Å². The summed E-state index contributed by atoms with van der Waals surface area (Å²) in [6, 6.07) is 7.47. The summed E-state index contributed by atoms with van der Waals surface area (Å²) in [6.07, 6.45) is 3.73. The summed E-state index contributed by atoms with van der Waals surface area (Å²) >= 11 is 6.15. The maximum atomic E-state index is 12.4. The Hall–Kier alpha value is -2.05. The molecule has 7 heteroatoms. The van der Waals surface area contributed by atoms with Crippen molar-refractivity contribution in [3.05, 3.63) is 40.7 Å². The molecule has 1 saturated heterocycles. The number of nitrogens with one attached hydrogen (secondary N) is 1. The lowest BCUT2D eigenvalue weighted by atomic mass is 10.1. The van der Waals surface area contributed by atoms with E-state index in [-0.39, 0.29) is 12.0 Å². The maximum absolute atomic E-state index is 12.4. The second-order valence-electron chi connectivity index (χ2n) is 6.80. The molecular formula is C20H26ClN3O3. The first-order valence-electron chi connectivity index (χ1n) is 9.37. The number of carbonyl (C=O) groups excluding carboxylic acids is 1. The summed E-state index contributed by atoms with van der Waals surface area (Å²) in [7, 11) is 0. The lowest BCUT2D eigenvalue weighted by molar-refractivity contribution is -0.116. The summed E-state index contributed by atoms with van der Waals surface area (Å²) in [5, 5.41) is 7.94. The molecule has 1 atom stereocenters. The summed E-state index contributed by atoms with van der Waals surface area (Å²) in [5.74, 6) is 0.567. The average Bonchev–Trinajstić information content (AvgIpc) is 2.93. The highest BCUT2D eigenvalue weighted by atomic mass is 35.5. The number of benzene rings is 1. The number of hydrogen-bond acceptors (Lipinski definition) is 4. The Morgan fingerprint density at radius 1 is 1.37 bits per heavy atom. The largest absolute Gasteiger partial charge is 0.489 e. The molecule has 1 aromatic heterocycles. The van der Waals surface area contributed by atoms with Crippen LogP contribution in [0.3, 0.4) is 0 Å². The van der Waals surface area contributed by atoms with E-state index in [1.807, 2.05) is 38.1 Å². The number of amides is 1. The fraction of sp³-hybridized carbons (Fsp3) is 0.500. The number of rotatable bonds is 7. The van der Waals surface area contributed by atoms with Crippen LogP contribution in [0, 0.1) is 13.8 Å². The maximum Gasteiger partial charge on any atom is 0.226 e. The molecule has 1 aliphatic rings. The highest BCUT2D eigenvalue weighted by Gasteiger charge is 2.16. The van der Waals surface area contributed by atoms with E-state index in [2.05, 4.69) is 10.4 Å². The summed E-state index contributed by atoms with van der Waals surface area (Å²) < 4.78 is 13.4. The van der Waals surface area contributed by atoms with Crippen molar-refractivity contribution in [1.29, 1.82) is 0 Å². The zero-order chi connectivity index (χ0) is 19.2. The molecule has 0 saturated carbocycles. The smallest absolute Gasteiger partial charge is 0.226 e. The zero-order valence-corrected chi connectivity index (χ0v) is 16.6. The molecule has 0 radical (unpaired) electrons. The van der Waals surface area contributed by atoms with Crippen molar-refractivity contribution in [2.24, 2.45) is 0 Å². The van der Waals surface area contributed by atoms with E-state index in [4.69, 9.17) is 21.1 Å².